The van der Waals surface area contributed by atoms with E-state index in [1.54, 1.807) is 0 Å². The van der Waals surface area contributed by atoms with Gasteiger partial charge in [0.25, 0.3) is 5.91 Å². The molecule has 5 heteroatoms. The number of thiol groups is 1. The number of piperidine rings is 1. The van der Waals surface area contributed by atoms with Crippen LogP contribution < -0.4 is 5.32 Å². The fraction of sp³-hybridized carbons (Fsp3) is 0.615. The first-order chi connectivity index (χ1) is 8.66. The highest BCUT2D eigenvalue weighted by atomic mass is 32.1. The van der Waals surface area contributed by atoms with Gasteiger partial charge in [0, 0.05) is 22.9 Å². The van der Waals surface area contributed by atoms with Gasteiger partial charge in [0.2, 0.25) is 0 Å². The van der Waals surface area contributed by atoms with E-state index < -0.39 is 0 Å². The van der Waals surface area contributed by atoms with Crippen LogP contribution >= 0.6 is 24.0 Å². The highest BCUT2D eigenvalue weighted by Gasteiger charge is 2.17. The molecule has 1 aliphatic rings. The Morgan fingerprint density at radius 3 is 2.83 bits per heavy atom. The quantitative estimate of drug-likeness (QED) is 0.833. The van der Waals surface area contributed by atoms with Gasteiger partial charge in [-0.15, -0.1) is 24.0 Å². The zero-order valence-corrected chi connectivity index (χ0v) is 12.4. The number of carbonyl (C=O) groups excluding carboxylic acids is 1. The standard InChI is InChI=1S/C13H20N2OS2/c1-10(15-5-3-2-4-6-15)8-14-13(16)12-7-11(17)9-18-12/h7,9-10,17H,2-6,8H2,1H3,(H,14,16). The van der Waals surface area contributed by atoms with Gasteiger partial charge in [-0.05, 0) is 38.9 Å². The van der Waals surface area contributed by atoms with Gasteiger partial charge >= 0.3 is 0 Å². The molecule has 100 valence electrons. The van der Waals surface area contributed by atoms with E-state index >= 15 is 0 Å². The van der Waals surface area contributed by atoms with Crippen molar-refractivity contribution in [3.8, 4) is 0 Å². The first kappa shape index (κ1) is 13.9. The Kier molecular flexibility index (Phi) is 5.09. The first-order valence-electron chi connectivity index (χ1n) is 6.46. The lowest BCUT2D eigenvalue weighted by molar-refractivity contribution is 0.0934. The van der Waals surface area contributed by atoms with E-state index in [4.69, 9.17) is 0 Å². The molecule has 1 aromatic heterocycles. The predicted molar refractivity (Wildman–Crippen MR) is 78.8 cm³/mol. The number of nitrogens with one attached hydrogen (secondary N) is 1. The minimum absolute atomic E-state index is 0.0177. The fourth-order valence-corrected chi connectivity index (χ4v) is 3.33. The molecule has 1 N–H and O–H groups in total. The Bertz CT molecular complexity index is 399. The molecule has 1 aliphatic heterocycles. The average molecular weight is 284 g/mol. The van der Waals surface area contributed by atoms with E-state index in [0.29, 0.717) is 6.04 Å². The van der Waals surface area contributed by atoms with Crippen molar-refractivity contribution in [3.63, 3.8) is 0 Å². The monoisotopic (exact) mass is 284 g/mol. The van der Waals surface area contributed by atoms with Crippen LogP contribution in [0.2, 0.25) is 0 Å². The second kappa shape index (κ2) is 6.59. The minimum atomic E-state index is 0.0177. The molecule has 1 unspecified atom stereocenters. The Morgan fingerprint density at radius 2 is 2.22 bits per heavy atom. The van der Waals surface area contributed by atoms with Crippen molar-refractivity contribution in [1.29, 1.82) is 0 Å². The van der Waals surface area contributed by atoms with Crippen molar-refractivity contribution >= 4 is 29.9 Å². The maximum atomic E-state index is 11.9. The maximum absolute atomic E-state index is 11.9. The van der Waals surface area contributed by atoms with E-state index in [9.17, 15) is 4.79 Å². The maximum Gasteiger partial charge on any atom is 0.261 e. The van der Waals surface area contributed by atoms with Gasteiger partial charge in [0.1, 0.15) is 0 Å². The zero-order chi connectivity index (χ0) is 13.0. The van der Waals surface area contributed by atoms with Crippen LogP contribution in [0.5, 0.6) is 0 Å². The Balaban J connectivity index is 1.78. The summed E-state index contributed by atoms with van der Waals surface area (Å²) in [6, 6.07) is 2.24. The molecule has 0 spiro atoms. The van der Waals surface area contributed by atoms with Crippen molar-refractivity contribution < 1.29 is 4.79 Å². The Hall–Kier alpha value is -0.520. The lowest BCUT2D eigenvalue weighted by Gasteiger charge is -2.32. The Labute approximate surface area is 118 Å². The van der Waals surface area contributed by atoms with Crippen LogP contribution in [-0.4, -0.2) is 36.5 Å². The van der Waals surface area contributed by atoms with Crippen molar-refractivity contribution in [3.05, 3.63) is 16.3 Å². The van der Waals surface area contributed by atoms with Crippen molar-refractivity contribution in [2.45, 2.75) is 37.1 Å². The van der Waals surface area contributed by atoms with Gasteiger partial charge in [0.05, 0.1) is 4.88 Å². The molecule has 1 atom stereocenters. The van der Waals surface area contributed by atoms with Gasteiger partial charge in [-0.3, -0.25) is 9.69 Å². The van der Waals surface area contributed by atoms with Gasteiger partial charge in [0.15, 0.2) is 0 Å². The number of thiophene rings is 1. The molecule has 3 nitrogen and oxygen atoms in total. The van der Waals surface area contributed by atoms with Crippen molar-refractivity contribution in [2.75, 3.05) is 19.6 Å². The number of carbonyl (C=O) groups is 1. The molecule has 0 saturated carbocycles. The van der Waals surface area contributed by atoms with Crippen molar-refractivity contribution in [1.82, 2.24) is 10.2 Å². The van der Waals surface area contributed by atoms with Gasteiger partial charge in [-0.1, -0.05) is 6.42 Å². The van der Waals surface area contributed by atoms with Crippen LogP contribution in [0.15, 0.2) is 16.3 Å². The second-order valence-corrected chi connectivity index (χ2v) is 6.25. The third-order valence-electron chi connectivity index (χ3n) is 3.38. The van der Waals surface area contributed by atoms with E-state index in [1.165, 1.54) is 30.6 Å². The van der Waals surface area contributed by atoms with Crippen LogP contribution in [-0.2, 0) is 0 Å². The highest BCUT2D eigenvalue weighted by molar-refractivity contribution is 7.80. The molecule has 1 fully saturated rings. The number of hydrogen-bond donors (Lipinski definition) is 2. The molecule has 2 rings (SSSR count). The summed E-state index contributed by atoms with van der Waals surface area (Å²) in [6.45, 7) is 5.23. The number of nitrogens with zero attached hydrogens (tertiary/aromatic N) is 1. The van der Waals surface area contributed by atoms with Crippen LogP contribution in [0, 0.1) is 0 Å². The SMILES string of the molecule is CC(CNC(=O)c1cc(S)cs1)N1CCCCC1. The first-order valence-corrected chi connectivity index (χ1v) is 7.79. The zero-order valence-electron chi connectivity index (χ0n) is 10.7. The smallest absolute Gasteiger partial charge is 0.261 e. The number of amides is 1. The molecule has 0 aromatic carbocycles. The lowest BCUT2D eigenvalue weighted by Crippen LogP contribution is -2.44. The number of likely N-dealkylation sites (tertiary alicyclic amines) is 1. The van der Waals surface area contributed by atoms with Gasteiger partial charge in [-0.2, -0.15) is 0 Å². The largest absolute Gasteiger partial charge is 0.350 e. The molecule has 0 bridgehead atoms. The third-order valence-corrected chi connectivity index (χ3v) is 4.74. The molecule has 18 heavy (non-hydrogen) atoms. The molecule has 2 heterocycles. The van der Waals surface area contributed by atoms with E-state index in [0.717, 1.165) is 29.4 Å². The van der Waals surface area contributed by atoms with Crippen LogP contribution in [0.1, 0.15) is 35.9 Å². The summed E-state index contributed by atoms with van der Waals surface area (Å²) in [5.74, 6) is 0.0177. The van der Waals surface area contributed by atoms with Gasteiger partial charge in [-0.25, -0.2) is 0 Å². The molecular formula is C13H20N2OS2. The van der Waals surface area contributed by atoms with Crippen LogP contribution in [0.3, 0.4) is 0 Å². The normalized spacial score (nSPS) is 18.6. The molecule has 1 amide bonds. The van der Waals surface area contributed by atoms with E-state index in [2.05, 4.69) is 29.8 Å². The van der Waals surface area contributed by atoms with Crippen LogP contribution in [0.25, 0.3) is 0 Å². The third kappa shape index (κ3) is 3.73. The summed E-state index contributed by atoms with van der Waals surface area (Å²) < 4.78 is 0. The summed E-state index contributed by atoms with van der Waals surface area (Å²) in [4.78, 5) is 15.9. The molecular weight excluding hydrogens is 264 g/mol. The molecule has 0 aliphatic carbocycles. The summed E-state index contributed by atoms with van der Waals surface area (Å²) >= 11 is 5.66. The molecule has 1 aromatic rings. The highest BCUT2D eigenvalue weighted by Crippen LogP contribution is 2.17. The van der Waals surface area contributed by atoms with Crippen LogP contribution in [0.4, 0.5) is 0 Å². The molecule has 1 saturated heterocycles. The number of hydrogen-bond acceptors (Lipinski definition) is 4. The number of rotatable bonds is 4. The average Bonchev–Trinajstić information content (AvgIpc) is 2.83. The summed E-state index contributed by atoms with van der Waals surface area (Å²) in [5.41, 5.74) is 0. The fourth-order valence-electron chi connectivity index (χ4n) is 2.26. The topological polar surface area (TPSA) is 32.3 Å². The lowest BCUT2D eigenvalue weighted by atomic mass is 10.1. The van der Waals surface area contributed by atoms with Crippen molar-refractivity contribution in [2.24, 2.45) is 0 Å². The second-order valence-electron chi connectivity index (χ2n) is 4.82. The summed E-state index contributed by atoms with van der Waals surface area (Å²) in [6.07, 6.45) is 3.91. The van der Waals surface area contributed by atoms with E-state index in [-0.39, 0.29) is 5.91 Å². The molecule has 0 radical (unpaired) electrons. The summed E-state index contributed by atoms with van der Waals surface area (Å²) in [7, 11) is 0. The summed E-state index contributed by atoms with van der Waals surface area (Å²) in [5, 5.41) is 4.89. The van der Waals surface area contributed by atoms with Gasteiger partial charge < -0.3 is 5.32 Å². The predicted octanol–water partition coefficient (Wildman–Crippen LogP) is 2.64. The van der Waals surface area contributed by atoms with E-state index in [1.807, 2.05) is 11.4 Å². The Morgan fingerprint density at radius 1 is 1.50 bits per heavy atom. The minimum Gasteiger partial charge on any atom is -0.350 e.